The first-order valence-electron chi connectivity index (χ1n) is 3.96. The standard InChI is InChI=1S/C8H12ClN3O/c1-6-5-10-8(9)11-7(6)12(2)3-4-13/h5,13H,3-4H2,1-2H3. The van der Waals surface area contributed by atoms with E-state index in [4.69, 9.17) is 16.7 Å². The van der Waals surface area contributed by atoms with Crippen LogP contribution in [0.3, 0.4) is 0 Å². The predicted octanol–water partition coefficient (Wildman–Crippen LogP) is 0.867. The number of aromatic nitrogens is 2. The maximum absolute atomic E-state index is 8.74. The molecular weight excluding hydrogens is 190 g/mol. The van der Waals surface area contributed by atoms with E-state index >= 15 is 0 Å². The van der Waals surface area contributed by atoms with Crippen molar-refractivity contribution >= 4 is 17.4 Å². The molecule has 1 aromatic rings. The Labute approximate surface area is 82.2 Å². The number of anilines is 1. The number of aryl methyl sites for hydroxylation is 1. The number of nitrogens with zero attached hydrogens (tertiary/aromatic N) is 3. The summed E-state index contributed by atoms with van der Waals surface area (Å²) in [4.78, 5) is 9.74. The monoisotopic (exact) mass is 201 g/mol. The molecule has 0 bridgehead atoms. The lowest BCUT2D eigenvalue weighted by Crippen LogP contribution is -2.23. The van der Waals surface area contributed by atoms with Gasteiger partial charge < -0.3 is 10.0 Å². The zero-order valence-corrected chi connectivity index (χ0v) is 8.41. The minimum absolute atomic E-state index is 0.0948. The van der Waals surface area contributed by atoms with Gasteiger partial charge in [-0.3, -0.25) is 0 Å². The van der Waals surface area contributed by atoms with Gasteiger partial charge in [-0.2, -0.15) is 0 Å². The Morgan fingerprint density at radius 2 is 2.31 bits per heavy atom. The maximum Gasteiger partial charge on any atom is 0.224 e. The molecule has 1 rings (SSSR count). The Balaban J connectivity index is 2.91. The summed E-state index contributed by atoms with van der Waals surface area (Å²) in [6.07, 6.45) is 1.67. The number of likely N-dealkylation sites (N-methyl/N-ethyl adjacent to an activating group) is 1. The van der Waals surface area contributed by atoms with Crippen LogP contribution in [0.5, 0.6) is 0 Å². The molecule has 0 atom stereocenters. The first-order chi connectivity index (χ1) is 6.15. The average Bonchev–Trinajstić information content (AvgIpc) is 2.09. The van der Waals surface area contributed by atoms with Crippen molar-refractivity contribution in [3.05, 3.63) is 17.0 Å². The number of aliphatic hydroxyl groups excluding tert-OH is 1. The van der Waals surface area contributed by atoms with E-state index < -0.39 is 0 Å². The van der Waals surface area contributed by atoms with Crippen molar-refractivity contribution in [2.75, 3.05) is 25.1 Å². The third-order valence-corrected chi connectivity index (χ3v) is 1.89. The minimum atomic E-state index is 0.0948. The van der Waals surface area contributed by atoms with Crippen LogP contribution in [0.25, 0.3) is 0 Å². The summed E-state index contributed by atoms with van der Waals surface area (Å²) in [5.74, 6) is 0.758. The summed E-state index contributed by atoms with van der Waals surface area (Å²) in [6, 6.07) is 0. The Hall–Kier alpha value is -0.870. The number of hydrogen-bond acceptors (Lipinski definition) is 4. The van der Waals surface area contributed by atoms with E-state index in [2.05, 4.69) is 9.97 Å². The van der Waals surface area contributed by atoms with E-state index in [0.717, 1.165) is 11.4 Å². The first kappa shape index (κ1) is 10.2. The normalized spacial score (nSPS) is 10.2. The minimum Gasteiger partial charge on any atom is -0.395 e. The molecule has 72 valence electrons. The van der Waals surface area contributed by atoms with E-state index in [-0.39, 0.29) is 11.9 Å². The van der Waals surface area contributed by atoms with Crippen molar-refractivity contribution in [3.8, 4) is 0 Å². The quantitative estimate of drug-likeness (QED) is 0.738. The topological polar surface area (TPSA) is 49.2 Å². The second-order valence-corrected chi connectivity index (χ2v) is 3.13. The zero-order valence-electron chi connectivity index (χ0n) is 7.66. The molecule has 0 unspecified atom stereocenters. The van der Waals surface area contributed by atoms with Gasteiger partial charge in [-0.1, -0.05) is 0 Å². The molecule has 0 radical (unpaired) electrons. The molecule has 1 N–H and O–H groups in total. The largest absolute Gasteiger partial charge is 0.395 e. The average molecular weight is 202 g/mol. The summed E-state index contributed by atoms with van der Waals surface area (Å²) >= 11 is 5.65. The molecule has 0 amide bonds. The van der Waals surface area contributed by atoms with E-state index in [1.165, 1.54) is 0 Å². The summed E-state index contributed by atoms with van der Waals surface area (Å²) in [7, 11) is 1.85. The van der Waals surface area contributed by atoms with Crippen LogP contribution in [0, 0.1) is 6.92 Å². The third-order valence-electron chi connectivity index (χ3n) is 1.71. The number of aliphatic hydroxyl groups is 1. The van der Waals surface area contributed by atoms with Gasteiger partial charge in [0.1, 0.15) is 5.82 Å². The Bertz CT molecular complexity index is 293. The SMILES string of the molecule is Cc1cnc(Cl)nc1N(C)CCO. The van der Waals surface area contributed by atoms with Crippen molar-refractivity contribution in [1.29, 1.82) is 0 Å². The molecule has 0 aliphatic heterocycles. The van der Waals surface area contributed by atoms with Crippen LogP contribution in [0.2, 0.25) is 5.28 Å². The molecule has 0 spiro atoms. The summed E-state index contributed by atoms with van der Waals surface area (Å²) in [5, 5.41) is 8.97. The molecule has 5 heteroatoms. The fraction of sp³-hybridized carbons (Fsp3) is 0.500. The fourth-order valence-corrected chi connectivity index (χ4v) is 1.18. The van der Waals surface area contributed by atoms with E-state index in [1.807, 2.05) is 18.9 Å². The highest BCUT2D eigenvalue weighted by Gasteiger charge is 2.06. The Morgan fingerprint density at radius 3 is 2.92 bits per heavy atom. The van der Waals surface area contributed by atoms with Crippen molar-refractivity contribution < 1.29 is 5.11 Å². The summed E-state index contributed by atoms with van der Waals surface area (Å²) in [5.41, 5.74) is 0.945. The summed E-state index contributed by atoms with van der Waals surface area (Å²) in [6.45, 7) is 2.53. The number of rotatable bonds is 3. The van der Waals surface area contributed by atoms with Crippen LogP contribution in [0.15, 0.2) is 6.20 Å². The molecule has 0 saturated heterocycles. The fourth-order valence-electron chi connectivity index (χ4n) is 1.05. The molecule has 0 saturated carbocycles. The van der Waals surface area contributed by atoms with Crippen molar-refractivity contribution in [1.82, 2.24) is 9.97 Å². The molecule has 13 heavy (non-hydrogen) atoms. The highest BCUT2D eigenvalue weighted by molar-refractivity contribution is 6.28. The van der Waals surface area contributed by atoms with Gasteiger partial charge >= 0.3 is 0 Å². The molecule has 0 aromatic carbocycles. The van der Waals surface area contributed by atoms with Crippen molar-refractivity contribution in [3.63, 3.8) is 0 Å². The van der Waals surface area contributed by atoms with Crippen LogP contribution < -0.4 is 4.90 Å². The zero-order chi connectivity index (χ0) is 9.84. The molecule has 4 nitrogen and oxygen atoms in total. The Kier molecular flexibility index (Phi) is 3.45. The highest BCUT2D eigenvalue weighted by Crippen LogP contribution is 2.15. The molecular formula is C8H12ClN3O. The van der Waals surface area contributed by atoms with Gasteiger partial charge in [-0.25, -0.2) is 9.97 Å². The van der Waals surface area contributed by atoms with E-state index in [9.17, 15) is 0 Å². The Morgan fingerprint density at radius 1 is 1.62 bits per heavy atom. The van der Waals surface area contributed by atoms with Gasteiger partial charge in [-0.15, -0.1) is 0 Å². The van der Waals surface area contributed by atoms with Gasteiger partial charge in [0.2, 0.25) is 5.28 Å². The van der Waals surface area contributed by atoms with Crippen molar-refractivity contribution in [2.24, 2.45) is 0 Å². The number of hydrogen-bond donors (Lipinski definition) is 1. The van der Waals surface area contributed by atoms with Crippen LogP contribution in [0.1, 0.15) is 5.56 Å². The first-order valence-corrected chi connectivity index (χ1v) is 4.34. The van der Waals surface area contributed by atoms with Crippen molar-refractivity contribution in [2.45, 2.75) is 6.92 Å². The van der Waals surface area contributed by atoms with Crippen LogP contribution in [-0.2, 0) is 0 Å². The van der Waals surface area contributed by atoms with Crippen LogP contribution in [-0.4, -0.2) is 35.3 Å². The smallest absolute Gasteiger partial charge is 0.224 e. The second kappa shape index (κ2) is 4.39. The second-order valence-electron chi connectivity index (χ2n) is 2.79. The van der Waals surface area contributed by atoms with Gasteiger partial charge in [0.25, 0.3) is 0 Å². The predicted molar refractivity (Wildman–Crippen MR) is 52.1 cm³/mol. The molecule has 1 heterocycles. The van der Waals surface area contributed by atoms with Gasteiger partial charge in [0, 0.05) is 25.4 Å². The van der Waals surface area contributed by atoms with Gasteiger partial charge in [-0.05, 0) is 18.5 Å². The van der Waals surface area contributed by atoms with E-state index in [0.29, 0.717) is 6.54 Å². The van der Waals surface area contributed by atoms with Crippen LogP contribution in [0.4, 0.5) is 5.82 Å². The molecule has 0 aliphatic carbocycles. The molecule has 1 aromatic heterocycles. The molecule has 0 fully saturated rings. The summed E-state index contributed by atoms with van der Waals surface area (Å²) < 4.78 is 0. The lowest BCUT2D eigenvalue weighted by atomic mass is 10.3. The lowest BCUT2D eigenvalue weighted by molar-refractivity contribution is 0.304. The molecule has 0 aliphatic rings. The number of halogens is 1. The van der Waals surface area contributed by atoms with Crippen LogP contribution >= 0.6 is 11.6 Å². The third kappa shape index (κ3) is 2.54. The highest BCUT2D eigenvalue weighted by atomic mass is 35.5. The van der Waals surface area contributed by atoms with Gasteiger partial charge in [0.05, 0.1) is 6.61 Å². The lowest BCUT2D eigenvalue weighted by Gasteiger charge is -2.18. The van der Waals surface area contributed by atoms with Gasteiger partial charge in [0.15, 0.2) is 0 Å². The van der Waals surface area contributed by atoms with E-state index in [1.54, 1.807) is 6.20 Å². The maximum atomic E-state index is 8.74.